The minimum atomic E-state index is -4.03. The predicted octanol–water partition coefficient (Wildman–Crippen LogP) is 3.91. The van der Waals surface area contributed by atoms with Gasteiger partial charge in [-0.15, -0.1) is 0 Å². The lowest BCUT2D eigenvalue weighted by Crippen LogP contribution is -2.44. The van der Waals surface area contributed by atoms with Gasteiger partial charge in [0.25, 0.3) is 11.8 Å². The first-order chi connectivity index (χ1) is 19.4. The number of hydrogen-bond donors (Lipinski definition) is 4. The Morgan fingerprint density at radius 3 is 2.15 bits per heavy atom. The van der Waals surface area contributed by atoms with Gasteiger partial charge in [0.2, 0.25) is 10.0 Å². The molecule has 5 N–H and O–H groups in total. The highest BCUT2D eigenvalue weighted by atomic mass is 32.2. The molecule has 41 heavy (non-hydrogen) atoms. The number of benzene rings is 3. The summed E-state index contributed by atoms with van der Waals surface area (Å²) in [5, 5.41) is 12.7. The van der Waals surface area contributed by atoms with Gasteiger partial charge in [-0.05, 0) is 60.4 Å². The van der Waals surface area contributed by atoms with Crippen LogP contribution in [-0.2, 0) is 19.6 Å². The van der Waals surface area contributed by atoms with Crippen molar-refractivity contribution in [3.8, 4) is 16.9 Å². The van der Waals surface area contributed by atoms with Gasteiger partial charge in [-0.1, -0.05) is 44.2 Å². The van der Waals surface area contributed by atoms with Crippen LogP contribution in [0.2, 0.25) is 0 Å². The van der Waals surface area contributed by atoms with Crippen molar-refractivity contribution < 1.29 is 37.1 Å². The molecule has 3 aromatic carbocycles. The third-order valence-electron chi connectivity index (χ3n) is 6.35. The van der Waals surface area contributed by atoms with Crippen LogP contribution in [0.25, 0.3) is 22.1 Å². The third-order valence-corrected chi connectivity index (χ3v) is 7.80. The van der Waals surface area contributed by atoms with Crippen molar-refractivity contribution in [3.63, 3.8) is 0 Å². The van der Waals surface area contributed by atoms with E-state index in [-0.39, 0.29) is 17.3 Å². The lowest BCUT2D eigenvalue weighted by atomic mass is 10.1. The Hall–Kier alpha value is -4.68. The number of hydrogen-bond acceptors (Lipinski definition) is 7. The van der Waals surface area contributed by atoms with Gasteiger partial charge in [-0.3, -0.25) is 14.4 Å². The van der Waals surface area contributed by atoms with Crippen molar-refractivity contribution in [3.05, 3.63) is 78.1 Å². The number of ether oxygens (including phenoxy) is 1. The average molecular weight is 580 g/mol. The van der Waals surface area contributed by atoms with Gasteiger partial charge in [-0.25, -0.2) is 8.42 Å². The molecule has 0 aliphatic heterocycles. The highest BCUT2D eigenvalue weighted by molar-refractivity contribution is 7.89. The van der Waals surface area contributed by atoms with Gasteiger partial charge in [0.05, 0.1) is 10.3 Å². The van der Waals surface area contributed by atoms with E-state index < -0.39 is 39.8 Å². The molecule has 0 spiro atoms. The standard InChI is InChI=1S/C29H29N3O8S/c1-16(2)26(29(35)36)32-41(37,38)21-13-9-19(10-14-21)18-7-11-20(12-8-18)31-28(34)27-17(3)25-22(39-15-24(30)33)5-4-6-23(25)40-27/h4-14,16,26,32H,15H2,1-3H3,(H2,30,33)(H,31,34)(H,35,36). The van der Waals surface area contributed by atoms with Gasteiger partial charge >= 0.3 is 5.97 Å². The second-order valence-corrected chi connectivity index (χ2v) is 11.4. The molecule has 4 aromatic rings. The van der Waals surface area contributed by atoms with Gasteiger partial charge in [0.15, 0.2) is 12.4 Å². The predicted molar refractivity (Wildman–Crippen MR) is 152 cm³/mol. The molecule has 1 aromatic heterocycles. The van der Waals surface area contributed by atoms with Crippen molar-refractivity contribution in [2.45, 2.75) is 31.7 Å². The number of carboxylic acid groups (broad SMARTS) is 1. The molecule has 4 rings (SSSR count). The van der Waals surface area contributed by atoms with Crippen LogP contribution in [0, 0.1) is 12.8 Å². The van der Waals surface area contributed by atoms with Gasteiger partial charge in [-0.2, -0.15) is 4.72 Å². The summed E-state index contributed by atoms with van der Waals surface area (Å²) in [4.78, 5) is 35.5. The first-order valence-electron chi connectivity index (χ1n) is 12.6. The highest BCUT2D eigenvalue weighted by Crippen LogP contribution is 2.33. The van der Waals surface area contributed by atoms with Gasteiger partial charge in [0, 0.05) is 11.3 Å². The number of nitrogens with one attached hydrogen (secondary N) is 2. The minimum Gasteiger partial charge on any atom is -0.483 e. The fourth-order valence-corrected chi connectivity index (χ4v) is 5.56. The van der Waals surface area contributed by atoms with Gasteiger partial charge in [0.1, 0.15) is 17.4 Å². The summed E-state index contributed by atoms with van der Waals surface area (Å²) in [6.45, 7) is 4.64. The summed E-state index contributed by atoms with van der Waals surface area (Å²) in [5.74, 6) is -2.32. The van der Waals surface area contributed by atoms with E-state index in [0.29, 0.717) is 28.0 Å². The number of amides is 2. The molecule has 0 saturated heterocycles. The number of fused-ring (bicyclic) bond motifs is 1. The number of carbonyl (C=O) groups is 3. The Bertz CT molecular complexity index is 1710. The Kier molecular flexibility index (Phi) is 8.45. The van der Waals surface area contributed by atoms with E-state index in [9.17, 15) is 27.9 Å². The Morgan fingerprint density at radius 2 is 1.59 bits per heavy atom. The maximum absolute atomic E-state index is 13.0. The van der Waals surface area contributed by atoms with E-state index in [2.05, 4.69) is 10.0 Å². The summed E-state index contributed by atoms with van der Waals surface area (Å²) in [6.07, 6.45) is 0. The molecule has 11 nitrogen and oxygen atoms in total. The quantitative estimate of drug-likeness (QED) is 0.207. The van der Waals surface area contributed by atoms with Crippen LogP contribution in [0.4, 0.5) is 5.69 Å². The summed E-state index contributed by atoms with van der Waals surface area (Å²) in [6, 6.07) is 16.7. The van der Waals surface area contributed by atoms with Crippen molar-refractivity contribution >= 4 is 44.5 Å². The van der Waals surface area contributed by atoms with Gasteiger partial charge < -0.3 is 25.3 Å². The molecule has 1 atom stereocenters. The topological polar surface area (TPSA) is 178 Å². The molecule has 2 amide bonds. The van der Waals surface area contributed by atoms with Crippen molar-refractivity contribution in [1.29, 1.82) is 0 Å². The van der Waals surface area contributed by atoms with E-state index in [0.717, 1.165) is 11.1 Å². The Balaban J connectivity index is 1.48. The van der Waals surface area contributed by atoms with E-state index >= 15 is 0 Å². The number of carbonyl (C=O) groups excluding carboxylic acids is 2. The van der Waals surface area contributed by atoms with Crippen molar-refractivity contribution in [1.82, 2.24) is 4.72 Å². The SMILES string of the molecule is Cc1c(C(=O)Nc2ccc(-c3ccc(S(=O)(=O)NC(C(=O)O)C(C)C)cc3)cc2)oc2cccc(OCC(N)=O)c12. The summed E-state index contributed by atoms with van der Waals surface area (Å²) in [5.41, 5.74) is 8.12. The first kappa shape index (κ1) is 29.3. The number of nitrogens with two attached hydrogens (primary N) is 1. The molecule has 0 bridgehead atoms. The smallest absolute Gasteiger partial charge is 0.322 e. The number of carboxylic acids is 1. The fraction of sp³-hybridized carbons (Fsp3) is 0.207. The zero-order chi connectivity index (χ0) is 29.9. The van der Waals surface area contributed by atoms with E-state index in [4.69, 9.17) is 14.9 Å². The minimum absolute atomic E-state index is 0.0542. The van der Waals surface area contributed by atoms with Crippen LogP contribution in [0.1, 0.15) is 30.0 Å². The Labute approximate surface area is 236 Å². The zero-order valence-corrected chi connectivity index (χ0v) is 23.3. The molecule has 1 heterocycles. The second kappa shape index (κ2) is 11.8. The number of anilines is 1. The molecule has 0 fully saturated rings. The monoisotopic (exact) mass is 579 g/mol. The maximum atomic E-state index is 13.0. The molecule has 0 aliphatic rings. The molecule has 0 saturated carbocycles. The molecule has 0 radical (unpaired) electrons. The Morgan fingerprint density at radius 1 is 0.976 bits per heavy atom. The van der Waals surface area contributed by atoms with E-state index in [1.54, 1.807) is 75.4 Å². The maximum Gasteiger partial charge on any atom is 0.322 e. The molecular weight excluding hydrogens is 550 g/mol. The largest absolute Gasteiger partial charge is 0.483 e. The molecular formula is C29H29N3O8S. The van der Waals surface area contributed by atoms with Crippen molar-refractivity contribution in [2.24, 2.45) is 11.7 Å². The van der Waals surface area contributed by atoms with E-state index in [1.807, 2.05) is 0 Å². The number of primary amides is 1. The number of sulfonamides is 1. The number of furan rings is 1. The summed E-state index contributed by atoms with van der Waals surface area (Å²) >= 11 is 0. The summed E-state index contributed by atoms with van der Waals surface area (Å²) < 4.78 is 38.8. The number of rotatable bonds is 11. The van der Waals surface area contributed by atoms with E-state index in [1.165, 1.54) is 12.1 Å². The van der Waals surface area contributed by atoms with Crippen LogP contribution >= 0.6 is 0 Å². The number of aryl methyl sites for hydroxylation is 1. The lowest BCUT2D eigenvalue weighted by molar-refractivity contribution is -0.140. The first-order valence-corrected chi connectivity index (χ1v) is 14.1. The van der Waals surface area contributed by atoms with Crippen LogP contribution in [0.3, 0.4) is 0 Å². The highest BCUT2D eigenvalue weighted by Gasteiger charge is 2.28. The van der Waals surface area contributed by atoms with Crippen LogP contribution in [0.5, 0.6) is 5.75 Å². The number of aliphatic carboxylic acids is 1. The zero-order valence-electron chi connectivity index (χ0n) is 22.5. The van der Waals surface area contributed by atoms with Crippen LogP contribution in [0.15, 0.2) is 76.0 Å². The van der Waals surface area contributed by atoms with Crippen LogP contribution < -0.4 is 20.5 Å². The molecule has 214 valence electrons. The molecule has 1 unspecified atom stereocenters. The fourth-order valence-electron chi connectivity index (χ4n) is 4.22. The normalized spacial score (nSPS) is 12.3. The lowest BCUT2D eigenvalue weighted by Gasteiger charge is -2.18. The van der Waals surface area contributed by atoms with Crippen molar-refractivity contribution in [2.75, 3.05) is 11.9 Å². The average Bonchev–Trinajstić information content (AvgIpc) is 3.28. The van der Waals surface area contributed by atoms with Crippen LogP contribution in [-0.4, -0.2) is 44.0 Å². The second-order valence-electron chi connectivity index (χ2n) is 9.68. The molecule has 12 heteroatoms. The summed E-state index contributed by atoms with van der Waals surface area (Å²) in [7, 11) is -4.03. The molecule has 0 aliphatic carbocycles. The third kappa shape index (κ3) is 6.56.